The zero-order valence-corrected chi connectivity index (χ0v) is 21.0. The minimum Gasteiger partial charge on any atom is -0.445 e. The van der Waals surface area contributed by atoms with Crippen molar-refractivity contribution in [2.45, 2.75) is 56.9 Å². The number of fused-ring (bicyclic) bond motifs is 3. The van der Waals surface area contributed by atoms with Crippen molar-refractivity contribution in [3.63, 3.8) is 0 Å². The van der Waals surface area contributed by atoms with Crippen LogP contribution in [0.3, 0.4) is 0 Å². The number of carbonyl (C=O) groups excluding carboxylic acids is 3. The van der Waals surface area contributed by atoms with Crippen molar-refractivity contribution >= 4 is 17.9 Å². The number of ether oxygens (including phenoxy) is 2. The Morgan fingerprint density at radius 3 is 2.67 bits per heavy atom. The highest BCUT2D eigenvalue weighted by Gasteiger charge is 2.38. The summed E-state index contributed by atoms with van der Waals surface area (Å²) in [5.74, 6) is -0.176. The number of hydrogen-bond acceptors (Lipinski definition) is 5. The van der Waals surface area contributed by atoms with E-state index >= 15 is 0 Å². The molecule has 0 aromatic heterocycles. The molecule has 1 unspecified atom stereocenters. The molecule has 0 saturated carbocycles. The van der Waals surface area contributed by atoms with Gasteiger partial charge in [0.15, 0.2) is 0 Å². The third-order valence-corrected chi connectivity index (χ3v) is 7.07. The van der Waals surface area contributed by atoms with E-state index in [-0.39, 0.29) is 30.6 Å². The smallest absolute Gasteiger partial charge is 0.408 e. The maximum atomic E-state index is 13.7. The molecule has 192 valence electrons. The average molecular weight is 494 g/mol. The first-order valence-electron chi connectivity index (χ1n) is 12.6. The van der Waals surface area contributed by atoms with Crippen molar-refractivity contribution in [3.8, 4) is 0 Å². The zero-order chi connectivity index (χ0) is 25.5. The maximum Gasteiger partial charge on any atom is 0.408 e. The number of rotatable bonds is 4. The summed E-state index contributed by atoms with van der Waals surface area (Å²) in [4.78, 5) is 42.8. The maximum absolute atomic E-state index is 13.7. The van der Waals surface area contributed by atoms with Crippen LogP contribution in [-0.4, -0.2) is 73.1 Å². The van der Waals surface area contributed by atoms with Crippen molar-refractivity contribution in [2.24, 2.45) is 0 Å². The number of nitrogens with zero attached hydrogens (tertiary/aromatic N) is 2. The lowest BCUT2D eigenvalue weighted by Crippen LogP contribution is -2.50. The molecule has 2 aliphatic rings. The van der Waals surface area contributed by atoms with Gasteiger partial charge >= 0.3 is 6.09 Å². The molecule has 8 nitrogen and oxygen atoms in total. The zero-order valence-electron chi connectivity index (χ0n) is 21.0. The van der Waals surface area contributed by atoms with Gasteiger partial charge in [-0.2, -0.15) is 0 Å². The Kier molecular flexibility index (Phi) is 8.59. The Hall–Kier alpha value is -3.39. The summed E-state index contributed by atoms with van der Waals surface area (Å²) < 4.78 is 11.0. The van der Waals surface area contributed by atoms with Crippen molar-refractivity contribution in [1.29, 1.82) is 0 Å². The molecule has 3 amide bonds. The van der Waals surface area contributed by atoms with Gasteiger partial charge in [0.25, 0.3) is 5.91 Å². The highest BCUT2D eigenvalue weighted by molar-refractivity contribution is 5.94. The first kappa shape index (κ1) is 25.7. The topological polar surface area (TPSA) is 88.2 Å². The number of hydrogen-bond donors (Lipinski definition) is 1. The minimum atomic E-state index is -0.740. The largest absolute Gasteiger partial charge is 0.445 e. The van der Waals surface area contributed by atoms with E-state index in [2.05, 4.69) is 5.32 Å². The van der Waals surface area contributed by atoms with E-state index in [9.17, 15) is 14.4 Å². The molecule has 1 fully saturated rings. The first-order valence-corrected chi connectivity index (χ1v) is 12.6. The molecule has 2 aliphatic heterocycles. The molecule has 8 heteroatoms. The second-order valence-electron chi connectivity index (χ2n) is 9.60. The lowest BCUT2D eigenvalue weighted by atomic mass is 10.00. The standard InChI is InChI=1S/C28H35N3O5/c1-30-15-7-12-25(29-28(34)36-19-21-8-4-3-5-9-21)27(33)31-18-24(35-2)17-23(31)14-13-20-10-6-11-22(16-20)26(30)32/h3-6,8-11,16,23-25H,7,12-15,17-19H2,1-2H3,(H,29,34)/t23-,24?,25+/m1/s1. The van der Waals surface area contributed by atoms with E-state index in [1.165, 1.54) is 0 Å². The van der Waals surface area contributed by atoms with E-state index in [1.807, 2.05) is 59.5 Å². The van der Waals surface area contributed by atoms with Gasteiger partial charge in [0.05, 0.1) is 6.10 Å². The number of alkyl carbamates (subject to hydrolysis) is 1. The Bertz CT molecular complexity index is 1060. The molecule has 1 saturated heterocycles. The van der Waals surface area contributed by atoms with Gasteiger partial charge in [-0.3, -0.25) is 9.59 Å². The van der Waals surface area contributed by atoms with Crippen LogP contribution < -0.4 is 5.32 Å². The van der Waals surface area contributed by atoms with Crippen LogP contribution in [0.25, 0.3) is 0 Å². The summed E-state index contributed by atoms with van der Waals surface area (Å²) in [6.07, 6.45) is 2.53. The van der Waals surface area contributed by atoms with Gasteiger partial charge in [-0.05, 0) is 55.4 Å². The summed E-state index contributed by atoms with van der Waals surface area (Å²) >= 11 is 0. The fourth-order valence-electron chi connectivity index (χ4n) is 5.00. The molecular formula is C28H35N3O5. The molecule has 4 rings (SSSR count). The van der Waals surface area contributed by atoms with Gasteiger partial charge in [-0.1, -0.05) is 42.5 Å². The van der Waals surface area contributed by atoms with Crippen LogP contribution in [0.5, 0.6) is 0 Å². The van der Waals surface area contributed by atoms with E-state index < -0.39 is 12.1 Å². The number of benzene rings is 2. The number of amides is 3. The first-order chi connectivity index (χ1) is 17.4. The Labute approximate surface area is 212 Å². The Morgan fingerprint density at radius 1 is 1.08 bits per heavy atom. The lowest BCUT2D eigenvalue weighted by molar-refractivity contribution is -0.134. The fraction of sp³-hybridized carbons (Fsp3) is 0.464. The molecule has 36 heavy (non-hydrogen) atoms. The second-order valence-corrected chi connectivity index (χ2v) is 9.60. The van der Waals surface area contributed by atoms with Crippen LogP contribution in [0.1, 0.15) is 47.2 Å². The van der Waals surface area contributed by atoms with Crippen LogP contribution in [0.2, 0.25) is 0 Å². The van der Waals surface area contributed by atoms with Crippen LogP contribution in [0.15, 0.2) is 54.6 Å². The normalized spacial score (nSPS) is 23.1. The van der Waals surface area contributed by atoms with Crippen LogP contribution in [-0.2, 0) is 27.3 Å². The summed E-state index contributed by atoms with van der Waals surface area (Å²) in [7, 11) is 3.43. The monoisotopic (exact) mass is 493 g/mol. The molecule has 2 bridgehead atoms. The van der Waals surface area contributed by atoms with Gasteiger partial charge in [0.2, 0.25) is 5.91 Å². The summed E-state index contributed by atoms with van der Waals surface area (Å²) in [5, 5.41) is 2.80. The van der Waals surface area contributed by atoms with Crippen LogP contribution >= 0.6 is 0 Å². The third-order valence-electron chi connectivity index (χ3n) is 7.07. The predicted molar refractivity (Wildman–Crippen MR) is 135 cm³/mol. The Morgan fingerprint density at radius 2 is 1.89 bits per heavy atom. The van der Waals surface area contributed by atoms with Crippen molar-refractivity contribution in [2.75, 3.05) is 27.2 Å². The number of methoxy groups -OCH3 is 1. The van der Waals surface area contributed by atoms with Crippen LogP contribution in [0, 0.1) is 0 Å². The summed E-state index contributed by atoms with van der Waals surface area (Å²) in [5.41, 5.74) is 2.61. The average Bonchev–Trinajstić information content (AvgIpc) is 3.33. The molecule has 2 heterocycles. The Balaban J connectivity index is 1.51. The van der Waals surface area contributed by atoms with E-state index in [0.29, 0.717) is 31.5 Å². The van der Waals surface area contributed by atoms with E-state index in [4.69, 9.17) is 9.47 Å². The number of aryl methyl sites for hydroxylation is 1. The number of carbonyl (C=O) groups is 3. The fourth-order valence-corrected chi connectivity index (χ4v) is 5.00. The molecule has 0 aliphatic carbocycles. The lowest BCUT2D eigenvalue weighted by Gasteiger charge is -2.30. The van der Waals surface area contributed by atoms with Gasteiger partial charge in [0, 0.05) is 38.9 Å². The van der Waals surface area contributed by atoms with Gasteiger partial charge in [-0.25, -0.2) is 4.79 Å². The van der Waals surface area contributed by atoms with Crippen molar-refractivity contribution < 1.29 is 23.9 Å². The molecule has 0 radical (unpaired) electrons. The van der Waals surface area contributed by atoms with E-state index in [0.717, 1.165) is 30.4 Å². The SMILES string of the molecule is COC1C[C@H]2CCc3cccc(c3)C(=O)N(C)CCC[C@H](NC(=O)OCc3ccccc3)C(=O)N2C1. The van der Waals surface area contributed by atoms with Crippen LogP contribution in [0.4, 0.5) is 4.79 Å². The van der Waals surface area contributed by atoms with Crippen molar-refractivity contribution in [1.82, 2.24) is 15.1 Å². The highest BCUT2D eigenvalue weighted by atomic mass is 16.5. The highest BCUT2D eigenvalue weighted by Crippen LogP contribution is 2.26. The molecule has 3 atom stereocenters. The molecule has 2 aromatic carbocycles. The molecule has 2 aromatic rings. The van der Waals surface area contributed by atoms with E-state index in [1.54, 1.807) is 19.1 Å². The third kappa shape index (κ3) is 6.43. The van der Waals surface area contributed by atoms with Crippen molar-refractivity contribution in [3.05, 3.63) is 71.3 Å². The predicted octanol–water partition coefficient (Wildman–Crippen LogP) is 3.40. The summed E-state index contributed by atoms with van der Waals surface area (Å²) in [6, 6.07) is 16.4. The summed E-state index contributed by atoms with van der Waals surface area (Å²) in [6.45, 7) is 1.09. The molecular weight excluding hydrogens is 458 g/mol. The molecule has 1 N–H and O–H groups in total. The van der Waals surface area contributed by atoms with Gasteiger partial charge in [-0.15, -0.1) is 0 Å². The van der Waals surface area contributed by atoms with Gasteiger partial charge in [0.1, 0.15) is 12.6 Å². The molecule has 0 spiro atoms. The minimum absolute atomic E-state index is 0.00272. The number of nitrogens with one attached hydrogen (secondary N) is 1. The second kappa shape index (κ2) is 12.0. The quantitative estimate of drug-likeness (QED) is 0.705. The van der Waals surface area contributed by atoms with Gasteiger partial charge < -0.3 is 24.6 Å².